The van der Waals surface area contributed by atoms with Gasteiger partial charge in [-0.15, -0.1) is 0 Å². The summed E-state index contributed by atoms with van der Waals surface area (Å²) in [6, 6.07) is 9.41. The molecule has 2 rings (SSSR count). The minimum absolute atomic E-state index is 0.584. The molecule has 0 unspecified atom stereocenters. The van der Waals surface area contributed by atoms with Crippen LogP contribution in [0.1, 0.15) is 18.2 Å². The highest BCUT2D eigenvalue weighted by atomic mass is 16.5. The van der Waals surface area contributed by atoms with Crippen LogP contribution < -0.4 is 10.1 Å². The Balaban J connectivity index is 2.13. The van der Waals surface area contributed by atoms with E-state index in [2.05, 4.69) is 23.4 Å². The van der Waals surface area contributed by atoms with Gasteiger partial charge in [-0.3, -0.25) is 4.68 Å². The zero-order chi connectivity index (χ0) is 13.7. The summed E-state index contributed by atoms with van der Waals surface area (Å²) in [5.74, 6) is 0.668. The molecule has 0 bridgehead atoms. The van der Waals surface area contributed by atoms with E-state index in [0.717, 1.165) is 17.9 Å². The Bertz CT molecular complexity index is 598. The average molecular weight is 256 g/mol. The maximum atomic E-state index is 8.86. The summed E-state index contributed by atoms with van der Waals surface area (Å²) in [4.78, 5) is 0. The Morgan fingerprint density at radius 2 is 2.26 bits per heavy atom. The van der Waals surface area contributed by atoms with Gasteiger partial charge in [0.05, 0.1) is 36.7 Å². The van der Waals surface area contributed by atoms with Crippen molar-refractivity contribution < 1.29 is 4.74 Å². The molecule has 5 heteroatoms. The number of methoxy groups -OCH3 is 1. The molecular weight excluding hydrogens is 240 g/mol. The summed E-state index contributed by atoms with van der Waals surface area (Å²) in [5.41, 5.74) is 2.56. The van der Waals surface area contributed by atoms with Crippen LogP contribution >= 0.6 is 0 Å². The fourth-order valence-electron chi connectivity index (χ4n) is 1.89. The maximum absolute atomic E-state index is 8.86. The molecule has 98 valence electrons. The van der Waals surface area contributed by atoms with Crippen molar-refractivity contribution in [1.29, 1.82) is 5.26 Å². The number of hydrogen-bond acceptors (Lipinski definition) is 4. The van der Waals surface area contributed by atoms with E-state index in [0.29, 0.717) is 17.9 Å². The lowest BCUT2D eigenvalue weighted by atomic mass is 10.2. The number of rotatable bonds is 5. The van der Waals surface area contributed by atoms with E-state index in [1.165, 1.54) is 0 Å². The Labute approximate surface area is 112 Å². The molecule has 0 aliphatic carbocycles. The lowest BCUT2D eigenvalue weighted by Gasteiger charge is -2.12. The molecule has 0 atom stereocenters. The van der Waals surface area contributed by atoms with Gasteiger partial charge in [0, 0.05) is 18.8 Å². The number of aromatic nitrogens is 2. The molecule has 5 nitrogen and oxygen atoms in total. The molecular formula is C14H16N4O. The van der Waals surface area contributed by atoms with Gasteiger partial charge in [-0.1, -0.05) is 0 Å². The molecule has 1 aromatic heterocycles. The highest BCUT2D eigenvalue weighted by Gasteiger charge is 2.06. The van der Waals surface area contributed by atoms with E-state index in [-0.39, 0.29) is 0 Å². The van der Waals surface area contributed by atoms with Gasteiger partial charge in [0.2, 0.25) is 0 Å². The zero-order valence-corrected chi connectivity index (χ0v) is 11.1. The molecule has 0 spiro atoms. The third-order valence-corrected chi connectivity index (χ3v) is 2.89. The summed E-state index contributed by atoms with van der Waals surface area (Å²) in [6.45, 7) is 3.56. The first kappa shape index (κ1) is 13.0. The van der Waals surface area contributed by atoms with E-state index >= 15 is 0 Å². The van der Waals surface area contributed by atoms with Gasteiger partial charge in [-0.05, 0) is 25.1 Å². The van der Waals surface area contributed by atoms with Crippen LogP contribution in [0.4, 0.5) is 5.69 Å². The summed E-state index contributed by atoms with van der Waals surface area (Å²) in [7, 11) is 1.60. The quantitative estimate of drug-likeness (QED) is 0.892. The molecule has 0 radical (unpaired) electrons. The molecule has 0 fully saturated rings. The Morgan fingerprint density at radius 1 is 1.42 bits per heavy atom. The fourth-order valence-corrected chi connectivity index (χ4v) is 1.89. The first-order valence-electron chi connectivity index (χ1n) is 6.11. The first-order chi connectivity index (χ1) is 9.28. The highest BCUT2D eigenvalue weighted by Crippen LogP contribution is 2.25. The molecule has 0 aliphatic rings. The summed E-state index contributed by atoms with van der Waals surface area (Å²) < 4.78 is 7.21. The normalized spacial score (nSPS) is 9.95. The average Bonchev–Trinajstić information content (AvgIpc) is 2.92. The number of ether oxygens (including phenoxy) is 1. The van der Waals surface area contributed by atoms with Gasteiger partial charge >= 0.3 is 0 Å². The van der Waals surface area contributed by atoms with E-state index in [1.807, 2.05) is 16.8 Å². The smallest absolute Gasteiger partial charge is 0.143 e. The molecule has 0 saturated carbocycles. The molecule has 2 aromatic rings. The van der Waals surface area contributed by atoms with E-state index in [4.69, 9.17) is 10.00 Å². The third kappa shape index (κ3) is 2.86. The SMILES string of the molecule is CCn1nccc1CNc1ccc(C#N)cc1OC. The van der Waals surface area contributed by atoms with Crippen LogP contribution in [-0.4, -0.2) is 16.9 Å². The number of nitrogens with one attached hydrogen (secondary N) is 1. The predicted molar refractivity (Wildman–Crippen MR) is 72.9 cm³/mol. The lowest BCUT2D eigenvalue weighted by molar-refractivity contribution is 0.416. The van der Waals surface area contributed by atoms with Crippen LogP contribution in [-0.2, 0) is 13.1 Å². The molecule has 1 aromatic carbocycles. The Hall–Kier alpha value is -2.48. The minimum Gasteiger partial charge on any atom is -0.495 e. The van der Waals surface area contributed by atoms with Crippen LogP contribution in [0.3, 0.4) is 0 Å². The summed E-state index contributed by atoms with van der Waals surface area (Å²) in [5, 5.41) is 16.4. The van der Waals surface area contributed by atoms with Gasteiger partial charge in [0.1, 0.15) is 5.75 Å². The van der Waals surface area contributed by atoms with Crippen LogP contribution in [0.15, 0.2) is 30.5 Å². The number of anilines is 1. The molecule has 0 amide bonds. The zero-order valence-electron chi connectivity index (χ0n) is 11.1. The fraction of sp³-hybridized carbons (Fsp3) is 0.286. The number of aryl methyl sites for hydroxylation is 1. The molecule has 19 heavy (non-hydrogen) atoms. The second-order valence-electron chi connectivity index (χ2n) is 4.02. The van der Waals surface area contributed by atoms with Gasteiger partial charge in [0.25, 0.3) is 0 Å². The van der Waals surface area contributed by atoms with E-state index in [9.17, 15) is 0 Å². The van der Waals surface area contributed by atoms with Crippen molar-refractivity contribution >= 4 is 5.69 Å². The molecule has 0 aliphatic heterocycles. The van der Waals surface area contributed by atoms with Crippen molar-refractivity contribution in [1.82, 2.24) is 9.78 Å². The second-order valence-corrected chi connectivity index (χ2v) is 4.02. The van der Waals surface area contributed by atoms with E-state index < -0.39 is 0 Å². The minimum atomic E-state index is 0.584. The molecule has 1 heterocycles. The van der Waals surface area contributed by atoms with Crippen LogP contribution in [0.2, 0.25) is 0 Å². The topological polar surface area (TPSA) is 62.9 Å². The van der Waals surface area contributed by atoms with Gasteiger partial charge in [-0.2, -0.15) is 10.4 Å². The van der Waals surface area contributed by atoms with Crippen molar-refractivity contribution in [3.05, 3.63) is 41.7 Å². The largest absolute Gasteiger partial charge is 0.495 e. The van der Waals surface area contributed by atoms with Gasteiger partial charge in [0.15, 0.2) is 0 Å². The molecule has 0 saturated heterocycles. The summed E-state index contributed by atoms with van der Waals surface area (Å²) >= 11 is 0. The second kappa shape index (κ2) is 5.91. The van der Waals surface area contributed by atoms with Crippen molar-refractivity contribution in [3.8, 4) is 11.8 Å². The van der Waals surface area contributed by atoms with Crippen molar-refractivity contribution in [2.75, 3.05) is 12.4 Å². The third-order valence-electron chi connectivity index (χ3n) is 2.89. The Kier molecular flexibility index (Phi) is 4.04. The van der Waals surface area contributed by atoms with Crippen LogP contribution in [0, 0.1) is 11.3 Å². The number of benzene rings is 1. The first-order valence-corrected chi connectivity index (χ1v) is 6.11. The van der Waals surface area contributed by atoms with Crippen LogP contribution in [0.25, 0.3) is 0 Å². The van der Waals surface area contributed by atoms with Crippen molar-refractivity contribution in [3.63, 3.8) is 0 Å². The summed E-state index contributed by atoms with van der Waals surface area (Å²) in [6.07, 6.45) is 1.79. The standard InChI is InChI=1S/C14H16N4O/c1-3-18-12(6-7-17-18)10-16-13-5-4-11(9-15)8-14(13)19-2/h4-8,16H,3,10H2,1-2H3. The van der Waals surface area contributed by atoms with Crippen molar-refractivity contribution in [2.45, 2.75) is 20.0 Å². The lowest BCUT2D eigenvalue weighted by Crippen LogP contribution is -2.08. The number of nitriles is 1. The monoisotopic (exact) mass is 256 g/mol. The maximum Gasteiger partial charge on any atom is 0.143 e. The molecule has 1 N–H and O–H groups in total. The van der Waals surface area contributed by atoms with E-state index in [1.54, 1.807) is 25.4 Å². The van der Waals surface area contributed by atoms with Crippen molar-refractivity contribution in [2.24, 2.45) is 0 Å². The van der Waals surface area contributed by atoms with Gasteiger partial charge < -0.3 is 10.1 Å². The van der Waals surface area contributed by atoms with Gasteiger partial charge in [-0.25, -0.2) is 0 Å². The number of hydrogen-bond donors (Lipinski definition) is 1. The predicted octanol–water partition coefficient (Wildman–Crippen LogP) is 2.40. The number of nitrogens with zero attached hydrogens (tertiary/aromatic N) is 3. The Morgan fingerprint density at radius 3 is 2.95 bits per heavy atom. The highest BCUT2D eigenvalue weighted by molar-refractivity contribution is 5.59. The van der Waals surface area contributed by atoms with Crippen LogP contribution in [0.5, 0.6) is 5.75 Å².